The summed E-state index contributed by atoms with van der Waals surface area (Å²) >= 11 is 0. The molecular weight excluding hydrogens is 155 g/mol. The lowest BCUT2D eigenvalue weighted by molar-refractivity contribution is 0.170. The Morgan fingerprint density at radius 3 is 2.67 bits per heavy atom. The summed E-state index contributed by atoms with van der Waals surface area (Å²) in [6.07, 6.45) is 0.607. The fourth-order valence-corrected chi connectivity index (χ4v) is 1.76. The van der Waals surface area contributed by atoms with Gasteiger partial charge in [-0.1, -0.05) is 13.8 Å². The molecule has 3 heteroatoms. The number of rotatable bonds is 3. The van der Waals surface area contributed by atoms with Crippen LogP contribution in [0, 0.1) is 5.92 Å². The lowest BCUT2D eigenvalue weighted by Gasteiger charge is -2.20. The number of nitrogens with two attached hydrogens (primary N) is 1. The molecule has 1 rings (SSSR count). The largest absolute Gasteiger partial charge is 0.327 e. The topological polar surface area (TPSA) is 29.3 Å². The molecule has 12 heavy (non-hydrogen) atoms. The van der Waals surface area contributed by atoms with Gasteiger partial charge < -0.3 is 5.73 Å². The standard InChI is InChI=1S/C9H19FN2/c1-8(2)5-12-4-3-9(10,6-11)7-12/h8H,3-7,11H2,1-2H3. The van der Waals surface area contributed by atoms with Gasteiger partial charge in [-0.15, -0.1) is 0 Å². The van der Waals surface area contributed by atoms with Crippen molar-refractivity contribution in [2.75, 3.05) is 26.2 Å². The third kappa shape index (κ3) is 2.42. The summed E-state index contributed by atoms with van der Waals surface area (Å²) in [5, 5.41) is 0. The molecule has 0 aromatic rings. The van der Waals surface area contributed by atoms with Crippen LogP contribution in [-0.2, 0) is 0 Å². The van der Waals surface area contributed by atoms with Crippen molar-refractivity contribution >= 4 is 0 Å². The van der Waals surface area contributed by atoms with E-state index in [4.69, 9.17) is 5.73 Å². The summed E-state index contributed by atoms with van der Waals surface area (Å²) in [4.78, 5) is 2.16. The molecule has 1 saturated heterocycles. The molecule has 1 aliphatic rings. The number of likely N-dealkylation sites (tertiary alicyclic amines) is 1. The highest BCUT2D eigenvalue weighted by molar-refractivity contribution is 4.91. The van der Waals surface area contributed by atoms with Crippen LogP contribution >= 0.6 is 0 Å². The van der Waals surface area contributed by atoms with Gasteiger partial charge in [-0.3, -0.25) is 4.90 Å². The Balaban J connectivity index is 2.35. The monoisotopic (exact) mass is 174 g/mol. The van der Waals surface area contributed by atoms with E-state index in [9.17, 15) is 4.39 Å². The van der Waals surface area contributed by atoms with Crippen molar-refractivity contribution in [3.8, 4) is 0 Å². The molecule has 0 bridgehead atoms. The molecule has 0 aromatic carbocycles. The molecule has 1 heterocycles. The summed E-state index contributed by atoms with van der Waals surface area (Å²) < 4.78 is 13.6. The van der Waals surface area contributed by atoms with Gasteiger partial charge in [0.1, 0.15) is 5.67 Å². The number of alkyl halides is 1. The van der Waals surface area contributed by atoms with E-state index in [1.54, 1.807) is 0 Å². The predicted molar refractivity (Wildman–Crippen MR) is 48.8 cm³/mol. The molecule has 1 fully saturated rings. The second kappa shape index (κ2) is 3.71. The van der Waals surface area contributed by atoms with Crippen molar-refractivity contribution in [3.63, 3.8) is 0 Å². The molecule has 0 radical (unpaired) electrons. The van der Waals surface area contributed by atoms with Gasteiger partial charge in [0.05, 0.1) is 0 Å². The van der Waals surface area contributed by atoms with E-state index in [2.05, 4.69) is 18.7 Å². The average molecular weight is 174 g/mol. The molecule has 1 atom stereocenters. The Morgan fingerprint density at radius 2 is 2.25 bits per heavy atom. The lowest BCUT2D eigenvalue weighted by Crippen LogP contribution is -2.37. The Hall–Kier alpha value is -0.150. The molecule has 0 aliphatic carbocycles. The molecule has 0 spiro atoms. The molecule has 1 aliphatic heterocycles. The molecular formula is C9H19FN2. The summed E-state index contributed by atoms with van der Waals surface area (Å²) in [6, 6.07) is 0. The van der Waals surface area contributed by atoms with Crippen molar-refractivity contribution in [2.45, 2.75) is 25.9 Å². The highest BCUT2D eigenvalue weighted by atomic mass is 19.1. The van der Waals surface area contributed by atoms with Crippen LogP contribution in [0.1, 0.15) is 20.3 Å². The minimum Gasteiger partial charge on any atom is -0.327 e. The fraction of sp³-hybridized carbons (Fsp3) is 1.00. The summed E-state index contributed by atoms with van der Waals surface area (Å²) in [7, 11) is 0. The van der Waals surface area contributed by atoms with E-state index in [1.807, 2.05) is 0 Å². The van der Waals surface area contributed by atoms with E-state index in [1.165, 1.54) is 0 Å². The van der Waals surface area contributed by atoms with E-state index in [0.717, 1.165) is 13.1 Å². The zero-order chi connectivity index (χ0) is 9.19. The summed E-state index contributed by atoms with van der Waals surface area (Å²) in [5.74, 6) is 0.616. The Morgan fingerprint density at radius 1 is 1.58 bits per heavy atom. The van der Waals surface area contributed by atoms with E-state index < -0.39 is 5.67 Å². The maximum absolute atomic E-state index is 13.6. The number of hydrogen-bond donors (Lipinski definition) is 1. The van der Waals surface area contributed by atoms with Crippen LogP contribution in [0.4, 0.5) is 4.39 Å². The van der Waals surface area contributed by atoms with Crippen LogP contribution in [0.15, 0.2) is 0 Å². The maximum Gasteiger partial charge on any atom is 0.137 e. The minimum absolute atomic E-state index is 0.168. The first-order valence-corrected chi connectivity index (χ1v) is 4.67. The summed E-state index contributed by atoms with van der Waals surface area (Å²) in [6.45, 7) is 6.86. The van der Waals surface area contributed by atoms with Gasteiger partial charge >= 0.3 is 0 Å². The van der Waals surface area contributed by atoms with Gasteiger partial charge in [-0.25, -0.2) is 4.39 Å². The second-order valence-corrected chi connectivity index (χ2v) is 4.23. The maximum atomic E-state index is 13.6. The predicted octanol–water partition coefficient (Wildman–Crippen LogP) is 1.02. The van der Waals surface area contributed by atoms with Gasteiger partial charge in [0.15, 0.2) is 0 Å². The van der Waals surface area contributed by atoms with Crippen molar-refractivity contribution in [1.82, 2.24) is 4.90 Å². The molecule has 72 valence electrons. The van der Waals surface area contributed by atoms with Crippen molar-refractivity contribution in [2.24, 2.45) is 11.7 Å². The Bertz CT molecular complexity index is 149. The van der Waals surface area contributed by atoms with Crippen LogP contribution in [0.3, 0.4) is 0 Å². The molecule has 2 N–H and O–H groups in total. The molecule has 0 amide bonds. The first kappa shape index (κ1) is 9.93. The second-order valence-electron chi connectivity index (χ2n) is 4.23. The van der Waals surface area contributed by atoms with Crippen molar-refractivity contribution < 1.29 is 4.39 Å². The van der Waals surface area contributed by atoms with Gasteiger partial charge in [-0.05, 0) is 12.3 Å². The van der Waals surface area contributed by atoms with Crippen LogP contribution in [0.25, 0.3) is 0 Å². The average Bonchev–Trinajstić information content (AvgIpc) is 2.32. The summed E-state index contributed by atoms with van der Waals surface area (Å²) in [5.41, 5.74) is 4.26. The molecule has 0 aromatic heterocycles. The van der Waals surface area contributed by atoms with Crippen molar-refractivity contribution in [3.05, 3.63) is 0 Å². The highest BCUT2D eigenvalue weighted by Crippen LogP contribution is 2.24. The first-order valence-electron chi connectivity index (χ1n) is 4.67. The van der Waals surface area contributed by atoms with Gasteiger partial charge in [-0.2, -0.15) is 0 Å². The van der Waals surface area contributed by atoms with Crippen LogP contribution in [0.2, 0.25) is 0 Å². The first-order chi connectivity index (χ1) is 5.56. The quantitative estimate of drug-likeness (QED) is 0.692. The molecule has 1 unspecified atom stereocenters. The van der Waals surface area contributed by atoms with Crippen LogP contribution < -0.4 is 5.73 Å². The van der Waals surface area contributed by atoms with Crippen LogP contribution in [0.5, 0.6) is 0 Å². The number of halogens is 1. The van der Waals surface area contributed by atoms with E-state index in [0.29, 0.717) is 18.9 Å². The molecule has 2 nitrogen and oxygen atoms in total. The van der Waals surface area contributed by atoms with Crippen LogP contribution in [-0.4, -0.2) is 36.7 Å². The van der Waals surface area contributed by atoms with E-state index in [-0.39, 0.29) is 6.54 Å². The van der Waals surface area contributed by atoms with E-state index >= 15 is 0 Å². The molecule has 0 saturated carbocycles. The highest BCUT2D eigenvalue weighted by Gasteiger charge is 2.36. The van der Waals surface area contributed by atoms with Crippen molar-refractivity contribution in [1.29, 1.82) is 0 Å². The smallest absolute Gasteiger partial charge is 0.137 e. The Labute approximate surface area is 73.9 Å². The van der Waals surface area contributed by atoms with Gasteiger partial charge in [0.25, 0.3) is 0 Å². The number of hydrogen-bond acceptors (Lipinski definition) is 2. The number of nitrogens with zero attached hydrogens (tertiary/aromatic N) is 1. The SMILES string of the molecule is CC(C)CN1CCC(F)(CN)C1. The Kier molecular flexibility index (Phi) is 3.07. The zero-order valence-electron chi connectivity index (χ0n) is 8.02. The zero-order valence-corrected chi connectivity index (χ0v) is 8.02. The third-order valence-corrected chi connectivity index (χ3v) is 2.37. The minimum atomic E-state index is -1.10. The van der Waals surface area contributed by atoms with Gasteiger partial charge in [0, 0.05) is 26.2 Å². The lowest BCUT2D eigenvalue weighted by atomic mass is 10.1. The van der Waals surface area contributed by atoms with Gasteiger partial charge in [0.2, 0.25) is 0 Å². The fourth-order valence-electron chi connectivity index (χ4n) is 1.76. The normalized spacial score (nSPS) is 31.8. The third-order valence-electron chi connectivity index (χ3n) is 2.37.